The normalized spacial score (nSPS) is 20.0. The second-order valence-corrected chi connectivity index (χ2v) is 5.29. The van der Waals surface area contributed by atoms with Crippen LogP contribution in [0.1, 0.15) is 33.6 Å². The molecular weight excluding hydrogens is 190 g/mol. The van der Waals surface area contributed by atoms with Gasteiger partial charge >= 0.3 is 0 Å². The van der Waals surface area contributed by atoms with Crippen LogP contribution in [0.2, 0.25) is 0 Å². The zero-order valence-corrected chi connectivity index (χ0v) is 10.6. The van der Waals surface area contributed by atoms with E-state index >= 15 is 0 Å². The molecule has 1 fully saturated rings. The van der Waals surface area contributed by atoms with Crippen molar-refractivity contribution >= 4 is 0 Å². The van der Waals surface area contributed by atoms with Crippen molar-refractivity contribution in [1.82, 2.24) is 4.90 Å². The lowest BCUT2D eigenvalue weighted by atomic mass is 10.1. The Labute approximate surface area is 93.7 Å². The minimum Gasteiger partial charge on any atom is -0.385 e. The largest absolute Gasteiger partial charge is 0.385 e. The molecule has 3 heteroatoms. The summed E-state index contributed by atoms with van der Waals surface area (Å²) in [5.74, 6) is 0. The molecule has 1 aliphatic heterocycles. The summed E-state index contributed by atoms with van der Waals surface area (Å²) in [4.78, 5) is 2.45. The van der Waals surface area contributed by atoms with Crippen LogP contribution in [0.3, 0.4) is 0 Å². The lowest BCUT2D eigenvalue weighted by molar-refractivity contribution is -0.0858. The first-order valence-electron chi connectivity index (χ1n) is 5.90. The van der Waals surface area contributed by atoms with Gasteiger partial charge in [0.15, 0.2) is 0 Å². The molecule has 0 aromatic rings. The lowest BCUT2D eigenvalue weighted by Gasteiger charge is -2.36. The third kappa shape index (κ3) is 5.50. The van der Waals surface area contributed by atoms with Gasteiger partial charge in [-0.25, -0.2) is 0 Å². The highest BCUT2D eigenvalue weighted by atomic mass is 16.5. The molecule has 3 nitrogen and oxygen atoms in total. The van der Waals surface area contributed by atoms with Gasteiger partial charge < -0.3 is 14.4 Å². The maximum Gasteiger partial charge on any atom is 0.0731 e. The van der Waals surface area contributed by atoms with Crippen LogP contribution in [0.15, 0.2) is 0 Å². The molecule has 90 valence electrons. The van der Waals surface area contributed by atoms with E-state index in [2.05, 4.69) is 25.7 Å². The third-order valence-corrected chi connectivity index (χ3v) is 2.57. The Morgan fingerprint density at radius 2 is 1.93 bits per heavy atom. The molecule has 0 radical (unpaired) electrons. The summed E-state index contributed by atoms with van der Waals surface area (Å²) < 4.78 is 11.1. The fourth-order valence-electron chi connectivity index (χ4n) is 1.79. The molecule has 0 aliphatic carbocycles. The van der Waals surface area contributed by atoms with E-state index in [-0.39, 0.29) is 5.60 Å². The number of rotatable bonds is 6. The van der Waals surface area contributed by atoms with Gasteiger partial charge in [-0.2, -0.15) is 0 Å². The number of methoxy groups -OCH3 is 1. The summed E-state index contributed by atoms with van der Waals surface area (Å²) in [5.41, 5.74) is -0.0523. The predicted molar refractivity (Wildman–Crippen MR) is 62.2 cm³/mol. The molecule has 1 rings (SSSR count). The molecule has 0 saturated carbocycles. The maximum absolute atomic E-state index is 6.02. The third-order valence-electron chi connectivity index (χ3n) is 2.57. The van der Waals surface area contributed by atoms with Gasteiger partial charge in [-0.3, -0.25) is 0 Å². The second kappa shape index (κ2) is 5.83. The Kier molecular flexibility index (Phi) is 5.03. The SMILES string of the molecule is COCCC(CN1CCC1)OC(C)(C)C. The fourth-order valence-corrected chi connectivity index (χ4v) is 1.79. The van der Waals surface area contributed by atoms with Crippen LogP contribution in [-0.4, -0.2) is 50.0 Å². The maximum atomic E-state index is 6.02. The van der Waals surface area contributed by atoms with Gasteiger partial charge in [-0.05, 0) is 46.7 Å². The molecule has 1 atom stereocenters. The van der Waals surface area contributed by atoms with E-state index in [1.807, 2.05) is 0 Å². The van der Waals surface area contributed by atoms with Gasteiger partial charge in [-0.1, -0.05) is 0 Å². The van der Waals surface area contributed by atoms with E-state index < -0.39 is 0 Å². The topological polar surface area (TPSA) is 21.7 Å². The van der Waals surface area contributed by atoms with E-state index in [1.165, 1.54) is 19.5 Å². The first kappa shape index (κ1) is 12.9. The van der Waals surface area contributed by atoms with Crippen LogP contribution in [-0.2, 0) is 9.47 Å². The highest BCUT2D eigenvalue weighted by Crippen LogP contribution is 2.16. The highest BCUT2D eigenvalue weighted by molar-refractivity contribution is 4.75. The molecule has 0 spiro atoms. The first-order valence-corrected chi connectivity index (χ1v) is 5.90. The Morgan fingerprint density at radius 3 is 2.33 bits per heavy atom. The van der Waals surface area contributed by atoms with Gasteiger partial charge in [0.25, 0.3) is 0 Å². The lowest BCUT2D eigenvalue weighted by Crippen LogP contribution is -2.45. The number of hydrogen-bond acceptors (Lipinski definition) is 3. The zero-order chi connectivity index (χ0) is 11.3. The van der Waals surface area contributed by atoms with Crippen molar-refractivity contribution in [2.24, 2.45) is 0 Å². The van der Waals surface area contributed by atoms with E-state index in [0.717, 1.165) is 19.6 Å². The monoisotopic (exact) mass is 215 g/mol. The molecule has 0 bridgehead atoms. The van der Waals surface area contributed by atoms with E-state index in [1.54, 1.807) is 7.11 Å². The summed E-state index contributed by atoms with van der Waals surface area (Å²) in [6.45, 7) is 10.7. The first-order chi connectivity index (χ1) is 7.01. The molecule has 0 N–H and O–H groups in total. The Morgan fingerprint density at radius 1 is 1.27 bits per heavy atom. The Hall–Kier alpha value is -0.120. The minimum absolute atomic E-state index is 0.0523. The minimum atomic E-state index is -0.0523. The highest BCUT2D eigenvalue weighted by Gasteiger charge is 2.23. The average molecular weight is 215 g/mol. The van der Waals surface area contributed by atoms with Crippen LogP contribution in [0.5, 0.6) is 0 Å². The summed E-state index contributed by atoms with van der Waals surface area (Å²) in [6.07, 6.45) is 2.64. The van der Waals surface area contributed by atoms with E-state index in [4.69, 9.17) is 9.47 Å². The molecule has 0 aromatic heterocycles. The number of hydrogen-bond donors (Lipinski definition) is 0. The molecule has 1 saturated heterocycles. The molecule has 15 heavy (non-hydrogen) atoms. The van der Waals surface area contributed by atoms with E-state index in [0.29, 0.717) is 6.10 Å². The van der Waals surface area contributed by atoms with Crippen molar-refractivity contribution in [2.45, 2.75) is 45.3 Å². The zero-order valence-electron chi connectivity index (χ0n) is 10.6. The Balaban J connectivity index is 2.30. The number of ether oxygens (including phenoxy) is 2. The van der Waals surface area contributed by atoms with Crippen molar-refractivity contribution in [2.75, 3.05) is 33.4 Å². The molecule has 1 heterocycles. The van der Waals surface area contributed by atoms with Crippen molar-refractivity contribution in [3.63, 3.8) is 0 Å². The summed E-state index contributed by atoms with van der Waals surface area (Å²) in [6, 6.07) is 0. The fraction of sp³-hybridized carbons (Fsp3) is 1.00. The van der Waals surface area contributed by atoms with Gasteiger partial charge in [0.1, 0.15) is 0 Å². The van der Waals surface area contributed by atoms with Crippen LogP contribution in [0, 0.1) is 0 Å². The standard InChI is InChI=1S/C12H25NO2/c1-12(2,3)15-11(6-9-14-4)10-13-7-5-8-13/h11H,5-10H2,1-4H3. The van der Waals surface area contributed by atoms with Gasteiger partial charge in [0.2, 0.25) is 0 Å². The second-order valence-electron chi connectivity index (χ2n) is 5.29. The number of nitrogens with zero attached hydrogens (tertiary/aromatic N) is 1. The van der Waals surface area contributed by atoms with Crippen molar-refractivity contribution in [1.29, 1.82) is 0 Å². The predicted octanol–water partition coefficient (Wildman–Crippen LogP) is 1.91. The van der Waals surface area contributed by atoms with Gasteiger partial charge in [-0.15, -0.1) is 0 Å². The quantitative estimate of drug-likeness (QED) is 0.675. The smallest absolute Gasteiger partial charge is 0.0731 e. The van der Waals surface area contributed by atoms with Gasteiger partial charge in [0, 0.05) is 20.3 Å². The molecular formula is C12H25NO2. The van der Waals surface area contributed by atoms with Crippen LogP contribution >= 0.6 is 0 Å². The van der Waals surface area contributed by atoms with Crippen molar-refractivity contribution in [3.8, 4) is 0 Å². The molecule has 1 unspecified atom stereocenters. The molecule has 0 aromatic carbocycles. The van der Waals surface area contributed by atoms with Crippen LogP contribution in [0.25, 0.3) is 0 Å². The van der Waals surface area contributed by atoms with Crippen molar-refractivity contribution < 1.29 is 9.47 Å². The molecule has 0 amide bonds. The Bertz CT molecular complexity index is 173. The van der Waals surface area contributed by atoms with Crippen LogP contribution in [0.4, 0.5) is 0 Å². The summed E-state index contributed by atoms with van der Waals surface area (Å²) in [5, 5.41) is 0. The molecule has 1 aliphatic rings. The van der Waals surface area contributed by atoms with E-state index in [9.17, 15) is 0 Å². The summed E-state index contributed by atoms with van der Waals surface area (Å²) in [7, 11) is 1.75. The van der Waals surface area contributed by atoms with Crippen molar-refractivity contribution in [3.05, 3.63) is 0 Å². The average Bonchev–Trinajstić information content (AvgIpc) is 2.04. The summed E-state index contributed by atoms with van der Waals surface area (Å²) >= 11 is 0. The number of likely N-dealkylation sites (tertiary alicyclic amines) is 1. The van der Waals surface area contributed by atoms with Crippen LogP contribution < -0.4 is 0 Å². The van der Waals surface area contributed by atoms with Gasteiger partial charge in [0.05, 0.1) is 11.7 Å².